The summed E-state index contributed by atoms with van der Waals surface area (Å²) in [5, 5.41) is 11.2. The standard InChI is InChI=1S/C15H19ClN4O4S3/c1-24-12-7-6-10(9-11(12)16)20(27(3,22)23)8-4-5-13(21)17-14-18-19-15(25-2)26-14/h6-7,9H,4-5,8H2,1-3H3,(H,17,18,21). The maximum absolute atomic E-state index is 12.1. The summed E-state index contributed by atoms with van der Waals surface area (Å²) in [7, 11) is -2.05. The second kappa shape index (κ2) is 9.58. The highest BCUT2D eigenvalue weighted by Crippen LogP contribution is 2.30. The van der Waals surface area contributed by atoms with Crippen molar-refractivity contribution in [3.63, 3.8) is 0 Å². The molecule has 0 aliphatic carbocycles. The van der Waals surface area contributed by atoms with Gasteiger partial charge in [-0.3, -0.25) is 9.10 Å². The van der Waals surface area contributed by atoms with Crippen molar-refractivity contribution in [2.45, 2.75) is 17.2 Å². The van der Waals surface area contributed by atoms with Gasteiger partial charge in [-0.25, -0.2) is 8.42 Å². The van der Waals surface area contributed by atoms with Crippen LogP contribution in [0.4, 0.5) is 10.8 Å². The van der Waals surface area contributed by atoms with Crippen molar-refractivity contribution in [1.29, 1.82) is 0 Å². The number of methoxy groups -OCH3 is 1. The van der Waals surface area contributed by atoms with Gasteiger partial charge < -0.3 is 10.1 Å². The molecule has 0 bridgehead atoms. The molecule has 0 unspecified atom stereocenters. The first-order chi connectivity index (χ1) is 12.7. The molecule has 8 nitrogen and oxygen atoms in total. The minimum Gasteiger partial charge on any atom is -0.495 e. The van der Waals surface area contributed by atoms with Gasteiger partial charge in [0.15, 0.2) is 4.34 Å². The Labute approximate surface area is 171 Å². The molecule has 0 atom stereocenters. The SMILES string of the molecule is COc1ccc(N(CCCC(=O)Nc2nnc(SC)s2)S(C)(=O)=O)cc1Cl. The van der Waals surface area contributed by atoms with E-state index in [0.717, 1.165) is 10.6 Å². The maximum atomic E-state index is 12.1. The molecule has 0 radical (unpaired) electrons. The van der Waals surface area contributed by atoms with Crippen LogP contribution in [0.1, 0.15) is 12.8 Å². The molecule has 0 saturated heterocycles. The van der Waals surface area contributed by atoms with Crippen LogP contribution in [0.3, 0.4) is 0 Å². The van der Waals surface area contributed by atoms with Crippen molar-refractivity contribution in [2.75, 3.05) is 35.8 Å². The van der Waals surface area contributed by atoms with Crippen molar-refractivity contribution in [2.24, 2.45) is 0 Å². The van der Waals surface area contributed by atoms with Crippen LogP contribution in [-0.2, 0) is 14.8 Å². The number of halogens is 1. The van der Waals surface area contributed by atoms with Gasteiger partial charge in [0.1, 0.15) is 5.75 Å². The summed E-state index contributed by atoms with van der Waals surface area (Å²) in [6, 6.07) is 4.73. The third kappa shape index (κ3) is 6.23. The molecule has 1 heterocycles. The van der Waals surface area contributed by atoms with E-state index in [1.54, 1.807) is 12.1 Å². The summed E-state index contributed by atoms with van der Waals surface area (Å²) < 4.78 is 31.3. The summed E-state index contributed by atoms with van der Waals surface area (Å²) in [5.74, 6) is 0.204. The molecular formula is C15H19ClN4O4S3. The Hall–Kier alpha value is -1.56. The first-order valence-corrected chi connectivity index (χ1v) is 12.0. The molecule has 1 amide bonds. The van der Waals surface area contributed by atoms with Gasteiger partial charge in [0.2, 0.25) is 21.1 Å². The Morgan fingerprint density at radius 1 is 1.41 bits per heavy atom. The number of nitrogens with zero attached hydrogens (tertiary/aromatic N) is 3. The highest BCUT2D eigenvalue weighted by atomic mass is 35.5. The monoisotopic (exact) mass is 450 g/mol. The lowest BCUT2D eigenvalue weighted by Gasteiger charge is -2.23. The minimum atomic E-state index is -3.53. The molecule has 0 spiro atoms. The summed E-state index contributed by atoms with van der Waals surface area (Å²) in [6.45, 7) is 0.140. The lowest BCUT2D eigenvalue weighted by molar-refractivity contribution is -0.116. The van der Waals surface area contributed by atoms with Crippen LogP contribution >= 0.6 is 34.7 Å². The molecular weight excluding hydrogens is 432 g/mol. The first kappa shape index (κ1) is 21.7. The number of thioether (sulfide) groups is 1. The highest BCUT2D eigenvalue weighted by molar-refractivity contribution is 8.00. The molecule has 1 N–H and O–H groups in total. The minimum absolute atomic E-state index is 0.140. The van der Waals surface area contributed by atoms with Gasteiger partial charge >= 0.3 is 0 Å². The molecule has 0 aliphatic heterocycles. The summed E-state index contributed by atoms with van der Waals surface area (Å²) in [4.78, 5) is 12.0. The normalized spacial score (nSPS) is 11.3. The van der Waals surface area contributed by atoms with Gasteiger partial charge in [0, 0.05) is 13.0 Å². The number of hydrogen-bond acceptors (Lipinski definition) is 8. The van der Waals surface area contributed by atoms with Gasteiger partial charge in [-0.1, -0.05) is 34.7 Å². The van der Waals surface area contributed by atoms with Crippen molar-refractivity contribution in [3.05, 3.63) is 23.2 Å². The first-order valence-electron chi connectivity index (χ1n) is 7.73. The van der Waals surface area contributed by atoms with E-state index in [4.69, 9.17) is 16.3 Å². The van der Waals surface area contributed by atoms with Crippen molar-refractivity contribution < 1.29 is 17.9 Å². The predicted molar refractivity (Wildman–Crippen MR) is 110 cm³/mol. The van der Waals surface area contributed by atoms with Gasteiger partial charge in [-0.05, 0) is 30.9 Å². The fourth-order valence-corrected chi connectivity index (χ4v) is 4.60. The van der Waals surface area contributed by atoms with Gasteiger partial charge in [-0.15, -0.1) is 10.2 Å². The van der Waals surface area contributed by atoms with Crippen molar-refractivity contribution in [3.8, 4) is 5.75 Å². The third-order valence-corrected chi connectivity index (χ3v) is 6.72. The van der Waals surface area contributed by atoms with Crippen LogP contribution < -0.4 is 14.4 Å². The molecule has 148 valence electrons. The molecule has 0 aliphatic rings. The van der Waals surface area contributed by atoms with E-state index in [1.807, 2.05) is 6.26 Å². The Bertz CT molecular complexity index is 904. The second-order valence-electron chi connectivity index (χ2n) is 5.38. The lowest BCUT2D eigenvalue weighted by Crippen LogP contribution is -2.31. The summed E-state index contributed by atoms with van der Waals surface area (Å²) in [6.07, 6.45) is 3.45. The van der Waals surface area contributed by atoms with E-state index in [-0.39, 0.29) is 18.9 Å². The molecule has 2 aromatic rings. The van der Waals surface area contributed by atoms with Gasteiger partial charge in [0.05, 0.1) is 24.1 Å². The zero-order valence-corrected chi connectivity index (χ0v) is 18.1. The Morgan fingerprint density at radius 3 is 2.70 bits per heavy atom. The zero-order valence-electron chi connectivity index (χ0n) is 14.9. The smallest absolute Gasteiger partial charge is 0.232 e. The van der Waals surface area contributed by atoms with Crippen LogP contribution in [0.5, 0.6) is 5.75 Å². The van der Waals surface area contributed by atoms with Crippen LogP contribution in [0, 0.1) is 0 Å². The average Bonchev–Trinajstić information content (AvgIpc) is 3.05. The predicted octanol–water partition coefficient (Wildman–Crippen LogP) is 3.11. The molecule has 1 aromatic carbocycles. The molecule has 2 rings (SSSR count). The maximum Gasteiger partial charge on any atom is 0.232 e. The number of hydrogen-bond donors (Lipinski definition) is 1. The van der Waals surface area contributed by atoms with E-state index in [9.17, 15) is 13.2 Å². The number of carbonyl (C=O) groups excluding carboxylic acids is 1. The number of ether oxygens (including phenoxy) is 1. The van der Waals surface area contributed by atoms with Crippen molar-refractivity contribution >= 4 is 61.4 Å². The average molecular weight is 451 g/mol. The van der Waals surface area contributed by atoms with Crippen LogP contribution in [0.25, 0.3) is 0 Å². The molecule has 0 saturated carbocycles. The second-order valence-corrected chi connectivity index (χ2v) is 9.73. The quantitative estimate of drug-likeness (QED) is 0.462. The molecule has 27 heavy (non-hydrogen) atoms. The largest absolute Gasteiger partial charge is 0.495 e. The lowest BCUT2D eigenvalue weighted by atomic mass is 10.2. The van der Waals surface area contributed by atoms with E-state index in [2.05, 4.69) is 15.5 Å². The Morgan fingerprint density at radius 2 is 2.15 bits per heavy atom. The number of aromatic nitrogens is 2. The van der Waals surface area contributed by atoms with E-state index in [1.165, 1.54) is 40.6 Å². The van der Waals surface area contributed by atoms with E-state index in [0.29, 0.717) is 28.0 Å². The molecule has 12 heteroatoms. The highest BCUT2D eigenvalue weighted by Gasteiger charge is 2.19. The van der Waals surface area contributed by atoms with Gasteiger partial charge in [-0.2, -0.15) is 0 Å². The number of anilines is 2. The number of sulfonamides is 1. The topological polar surface area (TPSA) is 101 Å². The third-order valence-electron chi connectivity index (χ3n) is 3.42. The van der Waals surface area contributed by atoms with Crippen molar-refractivity contribution in [1.82, 2.24) is 10.2 Å². The zero-order chi connectivity index (χ0) is 20.0. The Balaban J connectivity index is 1.98. The van der Waals surface area contributed by atoms with Crippen LogP contribution in [0.15, 0.2) is 22.5 Å². The van der Waals surface area contributed by atoms with E-state index < -0.39 is 10.0 Å². The molecule has 1 aromatic heterocycles. The number of benzene rings is 1. The van der Waals surface area contributed by atoms with Gasteiger partial charge in [0.25, 0.3) is 0 Å². The van der Waals surface area contributed by atoms with E-state index >= 15 is 0 Å². The van der Waals surface area contributed by atoms with Crippen LogP contribution in [0.2, 0.25) is 5.02 Å². The number of amides is 1. The fourth-order valence-electron chi connectivity index (χ4n) is 2.20. The fraction of sp³-hybridized carbons (Fsp3) is 0.400. The number of rotatable bonds is 9. The Kier molecular flexibility index (Phi) is 7.71. The molecule has 0 fully saturated rings. The summed E-state index contributed by atoms with van der Waals surface area (Å²) >= 11 is 8.81. The number of carbonyl (C=O) groups is 1. The van der Waals surface area contributed by atoms with Crippen LogP contribution in [-0.4, -0.2) is 50.7 Å². The number of nitrogens with one attached hydrogen (secondary N) is 1. The summed E-state index contributed by atoms with van der Waals surface area (Å²) in [5.41, 5.74) is 0.414.